The summed E-state index contributed by atoms with van der Waals surface area (Å²) in [5, 5.41) is 8.50. The van der Waals surface area contributed by atoms with E-state index in [-0.39, 0.29) is 11.8 Å². The first-order valence-corrected chi connectivity index (χ1v) is 11.5. The van der Waals surface area contributed by atoms with Gasteiger partial charge in [0.25, 0.3) is 0 Å². The van der Waals surface area contributed by atoms with Gasteiger partial charge in [0.1, 0.15) is 11.6 Å². The van der Waals surface area contributed by atoms with Gasteiger partial charge in [0.15, 0.2) is 0 Å². The molecule has 0 spiro atoms. The topological polar surface area (TPSA) is 66.3 Å². The third-order valence-corrected chi connectivity index (χ3v) is 6.34. The van der Waals surface area contributed by atoms with E-state index in [1.54, 1.807) is 18.2 Å². The van der Waals surface area contributed by atoms with Gasteiger partial charge in [-0.05, 0) is 54.5 Å². The Hall–Kier alpha value is -2.69. The minimum absolute atomic E-state index is 0.126. The number of aromatic nitrogens is 1. The number of nitrogens with one attached hydrogen (secondary N) is 1. The second kappa shape index (κ2) is 11.6. The van der Waals surface area contributed by atoms with Crippen molar-refractivity contribution in [3.05, 3.63) is 54.2 Å². The second-order valence-corrected chi connectivity index (χ2v) is 8.65. The summed E-state index contributed by atoms with van der Waals surface area (Å²) in [6.45, 7) is 2.65. The van der Waals surface area contributed by atoms with Crippen LogP contribution < -0.4 is 9.64 Å². The van der Waals surface area contributed by atoms with Crippen LogP contribution in [0.15, 0.2) is 48.7 Å². The molecule has 1 saturated carbocycles. The van der Waals surface area contributed by atoms with Gasteiger partial charge < -0.3 is 10.1 Å². The molecule has 31 heavy (non-hydrogen) atoms. The molecule has 1 heterocycles. The van der Waals surface area contributed by atoms with Crippen LogP contribution in [0, 0.1) is 11.3 Å². The van der Waals surface area contributed by atoms with E-state index >= 15 is 0 Å². The molecule has 1 fully saturated rings. The predicted octanol–water partition coefficient (Wildman–Crippen LogP) is 6.00. The average Bonchev–Trinajstić information content (AvgIpc) is 3.32. The summed E-state index contributed by atoms with van der Waals surface area (Å²) < 4.78 is 5.23. The molecule has 5 nitrogen and oxygen atoms in total. The summed E-state index contributed by atoms with van der Waals surface area (Å²) in [5.41, 5.74) is 1.85. The lowest BCUT2D eigenvalue weighted by Gasteiger charge is -2.23. The number of ether oxygens (including phenoxy) is 1. The Morgan fingerprint density at radius 2 is 1.90 bits per heavy atom. The molecule has 0 saturated heterocycles. The quantitative estimate of drug-likeness (QED) is 0.453. The summed E-state index contributed by atoms with van der Waals surface area (Å²) in [6.07, 6.45) is 9.60. The van der Waals surface area contributed by atoms with Crippen molar-refractivity contribution >= 4 is 17.4 Å². The number of rotatable bonds is 11. The van der Waals surface area contributed by atoms with Crippen LogP contribution >= 0.6 is 0 Å². The number of nitrogens with zero attached hydrogens (tertiary/aromatic N) is 2. The highest BCUT2D eigenvalue weighted by Crippen LogP contribution is 2.29. The van der Waals surface area contributed by atoms with Crippen LogP contribution in [0.1, 0.15) is 69.8 Å². The van der Waals surface area contributed by atoms with E-state index in [9.17, 15) is 4.79 Å². The van der Waals surface area contributed by atoms with Crippen molar-refractivity contribution in [2.75, 3.05) is 18.6 Å². The molecule has 1 aliphatic carbocycles. The third-order valence-electron chi connectivity index (χ3n) is 6.34. The molecule has 1 unspecified atom stereocenters. The molecular weight excluding hydrogens is 386 g/mol. The van der Waals surface area contributed by atoms with Crippen LogP contribution in [0.5, 0.6) is 5.75 Å². The third kappa shape index (κ3) is 6.91. The Kier molecular flexibility index (Phi) is 8.63. The van der Waals surface area contributed by atoms with Crippen LogP contribution in [0.3, 0.4) is 0 Å². The lowest BCUT2D eigenvalue weighted by atomic mass is 9.94. The standard InChI is InChI=1S/C26H35N3O2/c1-20(22-11-13-24(31-2)14-12-22)19-23(27)16-18-29(25-9-5-6-17-28-25)26(30)15-10-21-7-3-4-8-21/h5-6,9,11-14,17,20-21,27H,3-4,7-8,10,15-16,18-19H2,1-2H3. The lowest BCUT2D eigenvalue weighted by Crippen LogP contribution is -2.33. The van der Waals surface area contributed by atoms with Crippen LogP contribution in [0.2, 0.25) is 0 Å². The fraction of sp³-hybridized carbons (Fsp3) is 0.500. The Bertz CT molecular complexity index is 829. The molecule has 1 aromatic heterocycles. The minimum atomic E-state index is 0.126. The number of methoxy groups -OCH3 is 1. The first-order chi connectivity index (χ1) is 15.1. The number of amides is 1. The van der Waals surface area contributed by atoms with E-state index < -0.39 is 0 Å². The fourth-order valence-electron chi connectivity index (χ4n) is 4.41. The maximum Gasteiger partial charge on any atom is 0.228 e. The zero-order valence-electron chi connectivity index (χ0n) is 18.8. The van der Waals surface area contributed by atoms with Crippen molar-refractivity contribution in [1.29, 1.82) is 5.41 Å². The molecule has 1 aliphatic rings. The molecule has 1 amide bonds. The zero-order chi connectivity index (χ0) is 22.1. The van der Waals surface area contributed by atoms with Crippen molar-refractivity contribution in [2.45, 2.75) is 64.2 Å². The van der Waals surface area contributed by atoms with Gasteiger partial charge >= 0.3 is 0 Å². The summed E-state index contributed by atoms with van der Waals surface area (Å²) in [6, 6.07) is 13.7. The van der Waals surface area contributed by atoms with Crippen LogP contribution in [0.25, 0.3) is 0 Å². The van der Waals surface area contributed by atoms with E-state index in [0.717, 1.165) is 12.2 Å². The molecule has 1 N–H and O–H groups in total. The van der Waals surface area contributed by atoms with E-state index in [4.69, 9.17) is 10.1 Å². The molecule has 0 bridgehead atoms. The van der Waals surface area contributed by atoms with Crippen molar-refractivity contribution in [2.24, 2.45) is 5.92 Å². The van der Waals surface area contributed by atoms with Gasteiger partial charge in [0.05, 0.1) is 7.11 Å². The number of anilines is 1. The summed E-state index contributed by atoms with van der Waals surface area (Å²) in [7, 11) is 1.66. The van der Waals surface area contributed by atoms with Crippen LogP contribution in [-0.2, 0) is 4.79 Å². The smallest absolute Gasteiger partial charge is 0.228 e. The van der Waals surface area contributed by atoms with E-state index in [2.05, 4.69) is 24.0 Å². The van der Waals surface area contributed by atoms with E-state index in [1.807, 2.05) is 30.3 Å². The van der Waals surface area contributed by atoms with Crippen molar-refractivity contribution in [1.82, 2.24) is 4.98 Å². The van der Waals surface area contributed by atoms with Crippen LogP contribution in [-0.4, -0.2) is 30.3 Å². The summed E-state index contributed by atoms with van der Waals surface area (Å²) >= 11 is 0. The van der Waals surface area contributed by atoms with Gasteiger partial charge in [-0.15, -0.1) is 0 Å². The van der Waals surface area contributed by atoms with Gasteiger partial charge in [-0.3, -0.25) is 9.69 Å². The van der Waals surface area contributed by atoms with Crippen molar-refractivity contribution in [3.63, 3.8) is 0 Å². The summed E-state index contributed by atoms with van der Waals surface area (Å²) in [5.74, 6) is 2.60. The maximum absolute atomic E-state index is 13.0. The number of benzene rings is 1. The van der Waals surface area contributed by atoms with Gasteiger partial charge in [0.2, 0.25) is 5.91 Å². The Morgan fingerprint density at radius 1 is 1.16 bits per heavy atom. The summed E-state index contributed by atoms with van der Waals surface area (Å²) in [4.78, 5) is 19.2. The van der Waals surface area contributed by atoms with E-state index in [0.29, 0.717) is 43.3 Å². The highest BCUT2D eigenvalue weighted by Gasteiger charge is 2.21. The molecular formula is C26H35N3O2. The number of pyridine rings is 1. The van der Waals surface area contributed by atoms with Crippen LogP contribution in [0.4, 0.5) is 5.82 Å². The SMILES string of the molecule is COc1ccc(C(C)CC(=N)CCN(C(=O)CCC2CCCC2)c2ccccn2)cc1. The largest absolute Gasteiger partial charge is 0.497 e. The highest BCUT2D eigenvalue weighted by atomic mass is 16.5. The molecule has 1 aromatic carbocycles. The Balaban J connectivity index is 1.55. The van der Waals surface area contributed by atoms with Crippen molar-refractivity contribution in [3.8, 4) is 5.75 Å². The molecule has 2 aromatic rings. The zero-order valence-corrected chi connectivity index (χ0v) is 18.8. The highest BCUT2D eigenvalue weighted by molar-refractivity contribution is 5.93. The monoisotopic (exact) mass is 421 g/mol. The van der Waals surface area contributed by atoms with Gasteiger partial charge in [0, 0.05) is 31.3 Å². The number of hydrogen-bond donors (Lipinski definition) is 1. The molecule has 0 radical (unpaired) electrons. The predicted molar refractivity (Wildman–Crippen MR) is 126 cm³/mol. The fourth-order valence-corrected chi connectivity index (χ4v) is 4.41. The van der Waals surface area contributed by atoms with Gasteiger partial charge in [-0.25, -0.2) is 4.98 Å². The molecule has 166 valence electrons. The van der Waals surface area contributed by atoms with Crippen molar-refractivity contribution < 1.29 is 9.53 Å². The normalized spacial score (nSPS) is 14.9. The number of carbonyl (C=O) groups is 1. The number of carbonyl (C=O) groups excluding carboxylic acids is 1. The first-order valence-electron chi connectivity index (χ1n) is 11.5. The molecule has 0 aliphatic heterocycles. The molecule has 5 heteroatoms. The molecule has 3 rings (SSSR count). The second-order valence-electron chi connectivity index (χ2n) is 8.65. The Labute approximate surface area is 186 Å². The van der Waals surface area contributed by atoms with E-state index in [1.165, 1.54) is 31.2 Å². The molecule has 1 atom stereocenters. The van der Waals surface area contributed by atoms with Gasteiger partial charge in [-0.1, -0.05) is 50.8 Å². The Morgan fingerprint density at radius 3 is 2.55 bits per heavy atom. The maximum atomic E-state index is 13.0. The van der Waals surface area contributed by atoms with Gasteiger partial charge in [-0.2, -0.15) is 0 Å². The lowest BCUT2D eigenvalue weighted by molar-refractivity contribution is -0.118. The number of hydrogen-bond acceptors (Lipinski definition) is 4. The first kappa shape index (κ1) is 23.0. The minimum Gasteiger partial charge on any atom is -0.497 e. The average molecular weight is 422 g/mol.